The van der Waals surface area contributed by atoms with E-state index in [9.17, 15) is 4.79 Å². The third kappa shape index (κ3) is 4.55. The molecule has 0 aliphatic heterocycles. The van der Waals surface area contributed by atoms with Gasteiger partial charge in [-0.05, 0) is 31.5 Å². The van der Waals surface area contributed by atoms with Crippen LogP contribution < -0.4 is 5.43 Å². The first-order chi connectivity index (χ1) is 14.6. The number of nitrogens with zero attached hydrogens (tertiary/aromatic N) is 3. The van der Waals surface area contributed by atoms with Gasteiger partial charge in [0.25, 0.3) is 5.91 Å². The van der Waals surface area contributed by atoms with Gasteiger partial charge in [0.1, 0.15) is 11.4 Å². The van der Waals surface area contributed by atoms with Crippen molar-refractivity contribution in [3.63, 3.8) is 0 Å². The molecule has 0 atom stereocenters. The van der Waals surface area contributed by atoms with E-state index in [1.807, 2.05) is 23.0 Å². The molecule has 4 aromatic rings. The number of carbonyl (C=O) groups is 1. The van der Waals surface area contributed by atoms with Crippen molar-refractivity contribution in [2.75, 3.05) is 0 Å². The van der Waals surface area contributed by atoms with Crippen LogP contribution in [0.2, 0.25) is 0 Å². The average molecular weight is 397 g/mol. The highest BCUT2D eigenvalue weighted by molar-refractivity contribution is 5.94. The van der Waals surface area contributed by atoms with Crippen molar-refractivity contribution in [2.45, 2.75) is 20.4 Å². The number of benzene rings is 2. The zero-order valence-electron chi connectivity index (χ0n) is 17.0. The zero-order valence-corrected chi connectivity index (χ0v) is 17.0. The number of rotatable bonds is 6. The van der Waals surface area contributed by atoms with Crippen molar-refractivity contribution in [3.8, 4) is 11.3 Å². The molecule has 0 bridgehead atoms. The van der Waals surface area contributed by atoms with E-state index in [0.29, 0.717) is 12.2 Å². The molecule has 2 aromatic heterocycles. The smallest absolute Gasteiger partial charge is 0.287 e. The Morgan fingerprint density at radius 3 is 2.43 bits per heavy atom. The van der Waals surface area contributed by atoms with Gasteiger partial charge in [0.15, 0.2) is 0 Å². The lowest BCUT2D eigenvalue weighted by Gasteiger charge is -2.03. The standard InChI is InChI=1S/C24H23N5O/c1-17-5-9-19(10-6-17)15-29-16-21(14-26-27-24(30)22-4-3-13-25-22)23(28-29)20-11-7-18(2)8-12-20/h3-14,16,25H,15H2,1-2H3,(H,27,30)/b26-14-. The lowest BCUT2D eigenvalue weighted by atomic mass is 10.1. The minimum absolute atomic E-state index is 0.291. The summed E-state index contributed by atoms with van der Waals surface area (Å²) in [4.78, 5) is 14.9. The van der Waals surface area contributed by atoms with Crippen molar-refractivity contribution >= 4 is 12.1 Å². The van der Waals surface area contributed by atoms with Crippen molar-refractivity contribution in [1.82, 2.24) is 20.2 Å². The highest BCUT2D eigenvalue weighted by atomic mass is 16.2. The summed E-state index contributed by atoms with van der Waals surface area (Å²) in [6, 6.07) is 20.1. The van der Waals surface area contributed by atoms with E-state index in [-0.39, 0.29) is 5.91 Å². The van der Waals surface area contributed by atoms with Crippen molar-refractivity contribution in [1.29, 1.82) is 0 Å². The number of H-pyrrole nitrogens is 1. The molecule has 0 unspecified atom stereocenters. The summed E-state index contributed by atoms with van der Waals surface area (Å²) >= 11 is 0. The second-order valence-electron chi connectivity index (χ2n) is 7.27. The van der Waals surface area contributed by atoms with Gasteiger partial charge < -0.3 is 4.98 Å². The zero-order chi connectivity index (χ0) is 20.9. The molecule has 2 aromatic carbocycles. The second-order valence-corrected chi connectivity index (χ2v) is 7.27. The van der Waals surface area contributed by atoms with E-state index < -0.39 is 0 Å². The van der Waals surface area contributed by atoms with Crippen molar-refractivity contribution in [2.24, 2.45) is 5.10 Å². The summed E-state index contributed by atoms with van der Waals surface area (Å²) in [5.41, 5.74) is 9.24. The molecular weight excluding hydrogens is 374 g/mol. The number of hydrazone groups is 1. The van der Waals surface area contributed by atoms with E-state index in [1.165, 1.54) is 16.7 Å². The number of amides is 1. The van der Waals surface area contributed by atoms with Gasteiger partial charge in [-0.1, -0.05) is 59.7 Å². The Bertz CT molecular complexity index is 1150. The Morgan fingerprint density at radius 2 is 1.77 bits per heavy atom. The number of carbonyl (C=O) groups excluding carboxylic acids is 1. The number of hydrogen-bond donors (Lipinski definition) is 2. The highest BCUT2D eigenvalue weighted by Gasteiger charge is 2.11. The van der Waals surface area contributed by atoms with Gasteiger partial charge in [0.05, 0.1) is 12.8 Å². The summed E-state index contributed by atoms with van der Waals surface area (Å²) in [5.74, 6) is -0.291. The Kier molecular flexibility index (Phi) is 5.57. The van der Waals surface area contributed by atoms with Gasteiger partial charge in [0.2, 0.25) is 0 Å². The maximum absolute atomic E-state index is 12.1. The van der Waals surface area contributed by atoms with E-state index >= 15 is 0 Å². The summed E-state index contributed by atoms with van der Waals surface area (Å²) in [6.45, 7) is 4.78. The van der Waals surface area contributed by atoms with Crippen molar-refractivity contribution < 1.29 is 4.79 Å². The first kappa shape index (κ1) is 19.4. The second kappa shape index (κ2) is 8.61. The summed E-state index contributed by atoms with van der Waals surface area (Å²) < 4.78 is 1.90. The summed E-state index contributed by atoms with van der Waals surface area (Å²) in [7, 11) is 0. The van der Waals surface area contributed by atoms with Crippen LogP contribution in [-0.2, 0) is 6.54 Å². The van der Waals surface area contributed by atoms with Gasteiger partial charge in [-0.15, -0.1) is 0 Å². The molecule has 6 nitrogen and oxygen atoms in total. The number of aromatic amines is 1. The molecule has 0 aliphatic carbocycles. The molecule has 4 rings (SSSR count). The lowest BCUT2D eigenvalue weighted by Crippen LogP contribution is -2.17. The van der Waals surface area contributed by atoms with Crippen LogP contribution in [0.5, 0.6) is 0 Å². The number of aromatic nitrogens is 3. The number of nitrogens with one attached hydrogen (secondary N) is 2. The van der Waals surface area contributed by atoms with Crippen LogP contribution >= 0.6 is 0 Å². The Balaban J connectivity index is 1.60. The molecule has 0 saturated carbocycles. The number of aryl methyl sites for hydroxylation is 2. The van der Waals surface area contributed by atoms with E-state index in [4.69, 9.17) is 5.10 Å². The average Bonchev–Trinajstić information content (AvgIpc) is 3.41. The fourth-order valence-corrected chi connectivity index (χ4v) is 3.12. The van der Waals surface area contributed by atoms with Crippen LogP contribution in [0.3, 0.4) is 0 Å². The summed E-state index contributed by atoms with van der Waals surface area (Å²) in [5, 5.41) is 8.92. The Morgan fingerprint density at radius 1 is 1.07 bits per heavy atom. The molecule has 0 saturated heterocycles. The Hall–Kier alpha value is -3.93. The van der Waals surface area contributed by atoms with E-state index in [2.05, 4.69) is 65.8 Å². The maximum Gasteiger partial charge on any atom is 0.287 e. The molecule has 2 N–H and O–H groups in total. The third-order valence-electron chi connectivity index (χ3n) is 4.79. The number of hydrogen-bond acceptors (Lipinski definition) is 3. The first-order valence-corrected chi connectivity index (χ1v) is 9.75. The van der Waals surface area contributed by atoms with Gasteiger partial charge in [0, 0.05) is 23.5 Å². The monoisotopic (exact) mass is 397 g/mol. The normalized spacial score (nSPS) is 11.1. The maximum atomic E-state index is 12.1. The predicted octanol–water partition coefficient (Wildman–Crippen LogP) is 4.31. The van der Waals surface area contributed by atoms with Gasteiger partial charge >= 0.3 is 0 Å². The van der Waals surface area contributed by atoms with Crippen LogP contribution in [0, 0.1) is 13.8 Å². The minimum Gasteiger partial charge on any atom is -0.357 e. The van der Waals surface area contributed by atoms with E-state index in [0.717, 1.165) is 16.8 Å². The minimum atomic E-state index is -0.291. The van der Waals surface area contributed by atoms with Crippen LogP contribution in [-0.4, -0.2) is 26.9 Å². The molecule has 0 spiro atoms. The molecule has 2 heterocycles. The highest BCUT2D eigenvalue weighted by Crippen LogP contribution is 2.22. The molecule has 150 valence electrons. The largest absolute Gasteiger partial charge is 0.357 e. The predicted molar refractivity (Wildman–Crippen MR) is 119 cm³/mol. The molecular formula is C24H23N5O. The Labute approximate surface area is 175 Å². The van der Waals surface area contributed by atoms with Gasteiger partial charge in [-0.2, -0.15) is 10.2 Å². The van der Waals surface area contributed by atoms with E-state index in [1.54, 1.807) is 24.5 Å². The topological polar surface area (TPSA) is 75.1 Å². The molecule has 0 aliphatic rings. The third-order valence-corrected chi connectivity index (χ3v) is 4.79. The summed E-state index contributed by atoms with van der Waals surface area (Å²) in [6.07, 6.45) is 5.28. The lowest BCUT2D eigenvalue weighted by molar-refractivity contribution is 0.0951. The van der Waals surface area contributed by atoms with Crippen LogP contribution in [0.4, 0.5) is 0 Å². The van der Waals surface area contributed by atoms with Crippen LogP contribution in [0.25, 0.3) is 11.3 Å². The molecule has 6 heteroatoms. The fraction of sp³-hybridized carbons (Fsp3) is 0.125. The van der Waals surface area contributed by atoms with Crippen molar-refractivity contribution in [3.05, 3.63) is 101 Å². The molecule has 1 amide bonds. The quantitative estimate of drug-likeness (QED) is 0.376. The fourth-order valence-electron chi connectivity index (χ4n) is 3.12. The molecule has 0 fully saturated rings. The first-order valence-electron chi connectivity index (χ1n) is 9.75. The molecule has 30 heavy (non-hydrogen) atoms. The van der Waals surface area contributed by atoms with Crippen LogP contribution in [0.15, 0.2) is 78.2 Å². The van der Waals surface area contributed by atoms with Gasteiger partial charge in [-0.3, -0.25) is 9.48 Å². The SMILES string of the molecule is Cc1ccc(Cn2cc(/C=N\NC(=O)c3ccc[nH]3)c(-c3ccc(C)cc3)n2)cc1. The van der Waals surface area contributed by atoms with Crippen LogP contribution in [0.1, 0.15) is 32.7 Å². The molecule has 0 radical (unpaired) electrons. The van der Waals surface area contributed by atoms with Gasteiger partial charge in [-0.25, -0.2) is 5.43 Å².